The number of hydrogen-bond acceptors (Lipinski definition) is 1. The molecule has 0 aromatic heterocycles. The summed E-state index contributed by atoms with van der Waals surface area (Å²) in [7, 11) is 1.65. The summed E-state index contributed by atoms with van der Waals surface area (Å²) in [5.74, 6) is 0.878. The van der Waals surface area contributed by atoms with E-state index in [1.165, 1.54) is 0 Å². The van der Waals surface area contributed by atoms with Gasteiger partial charge in [0.2, 0.25) is 0 Å². The van der Waals surface area contributed by atoms with E-state index >= 15 is 0 Å². The van der Waals surface area contributed by atoms with Crippen LogP contribution in [0.5, 0.6) is 5.75 Å². The van der Waals surface area contributed by atoms with Gasteiger partial charge in [-0.1, -0.05) is 0 Å². The van der Waals surface area contributed by atoms with Gasteiger partial charge in [0.1, 0.15) is 0 Å². The van der Waals surface area contributed by atoms with E-state index in [4.69, 9.17) is 4.74 Å². The first-order chi connectivity index (χ1) is 3.93. The van der Waals surface area contributed by atoms with Gasteiger partial charge in [-0.25, -0.2) is 0 Å². The number of rotatable bonds is 1. The molecule has 0 aliphatic heterocycles. The van der Waals surface area contributed by atoms with Gasteiger partial charge in [0.05, 0.1) is 7.11 Å². The topological polar surface area (TPSA) is 9.23 Å². The van der Waals surface area contributed by atoms with Crippen LogP contribution in [0.2, 0.25) is 0 Å². The Balaban J connectivity index is 0.000000640. The van der Waals surface area contributed by atoms with Crippen molar-refractivity contribution in [2.24, 2.45) is 0 Å². The van der Waals surface area contributed by atoms with Crippen LogP contribution < -0.4 is 4.74 Å². The Hall–Kier alpha value is -0.357. The van der Waals surface area contributed by atoms with Crippen molar-refractivity contribution >= 4 is 0 Å². The Labute approximate surface area is 67.8 Å². The quantitative estimate of drug-likeness (QED) is 0.461. The van der Waals surface area contributed by atoms with Gasteiger partial charge >= 0.3 is 0 Å². The van der Waals surface area contributed by atoms with Crippen molar-refractivity contribution in [3.63, 3.8) is 0 Å². The molecule has 1 nitrogen and oxygen atoms in total. The van der Waals surface area contributed by atoms with E-state index in [0.29, 0.717) is 0 Å². The van der Waals surface area contributed by atoms with Gasteiger partial charge in [-0.15, -0.1) is 12.1 Å². The number of benzene rings is 1. The molecule has 0 spiro atoms. The first kappa shape index (κ1) is 8.64. The molecule has 0 aliphatic carbocycles. The molecule has 9 heavy (non-hydrogen) atoms. The molecule has 44 valence electrons. The molecular weight excluding hydrogens is 165 g/mol. The zero-order valence-corrected chi connectivity index (χ0v) is 8.39. The van der Waals surface area contributed by atoms with Gasteiger partial charge in [0.15, 0.2) is 0 Å². The minimum atomic E-state index is 0. The minimum absolute atomic E-state index is 0. The molecule has 0 atom stereocenters. The second kappa shape index (κ2) is 4.52. The van der Waals surface area contributed by atoms with Crippen molar-refractivity contribution in [1.29, 1.82) is 0 Å². The second-order valence-electron chi connectivity index (χ2n) is 1.44. The summed E-state index contributed by atoms with van der Waals surface area (Å²) in [5.41, 5.74) is 0. The first-order valence-corrected chi connectivity index (χ1v) is 2.43. The van der Waals surface area contributed by atoms with Crippen LogP contribution in [0.1, 0.15) is 0 Å². The van der Waals surface area contributed by atoms with Gasteiger partial charge in [-0.3, -0.25) is 0 Å². The molecule has 2 heteroatoms. The summed E-state index contributed by atoms with van der Waals surface area (Å²) in [4.78, 5) is 0. The smallest absolute Gasteiger partial charge is 0.0743 e. The van der Waals surface area contributed by atoms with Crippen molar-refractivity contribution in [2.75, 3.05) is 7.11 Å². The summed E-state index contributed by atoms with van der Waals surface area (Å²) in [6.45, 7) is 0. The van der Waals surface area contributed by atoms with Crippen LogP contribution in [-0.4, -0.2) is 7.11 Å². The predicted molar refractivity (Wildman–Crippen MR) is 31.8 cm³/mol. The van der Waals surface area contributed by atoms with Crippen LogP contribution >= 0.6 is 0 Å². The Morgan fingerprint density at radius 1 is 1.33 bits per heavy atom. The summed E-state index contributed by atoms with van der Waals surface area (Å²) < 4.78 is 4.89. The number of methoxy groups -OCH3 is 1. The van der Waals surface area contributed by atoms with Gasteiger partial charge in [0, 0.05) is 25.2 Å². The van der Waals surface area contributed by atoms with Crippen molar-refractivity contribution in [1.82, 2.24) is 0 Å². The number of hydrogen-bond donors (Lipinski definition) is 0. The summed E-state index contributed by atoms with van der Waals surface area (Å²) in [6, 6.07) is 10.2. The zero-order valence-electron chi connectivity index (χ0n) is 5.42. The average Bonchev–Trinajstić information content (AvgIpc) is 1.90. The maximum atomic E-state index is 4.89. The van der Waals surface area contributed by atoms with Crippen LogP contribution in [0.15, 0.2) is 24.3 Å². The van der Waals surface area contributed by atoms with Crippen molar-refractivity contribution < 1.29 is 24.2 Å². The molecule has 0 N–H and O–H groups in total. The van der Waals surface area contributed by atoms with Gasteiger partial charge < -0.3 is 4.74 Å². The van der Waals surface area contributed by atoms with Crippen molar-refractivity contribution in [3.05, 3.63) is 30.3 Å². The molecule has 0 amide bonds. The standard InChI is InChI=1S/C7H7O.Zn/c1-8-7-5-3-2-4-6-7;/h3-6H,1H3;/q-1;. The van der Waals surface area contributed by atoms with E-state index in [1.807, 2.05) is 24.3 Å². The fourth-order valence-electron chi connectivity index (χ4n) is 0.508. The Morgan fingerprint density at radius 2 is 1.89 bits per heavy atom. The fourth-order valence-corrected chi connectivity index (χ4v) is 0.508. The molecule has 0 unspecified atom stereocenters. The van der Waals surface area contributed by atoms with E-state index in [9.17, 15) is 0 Å². The monoisotopic (exact) mass is 171 g/mol. The second-order valence-corrected chi connectivity index (χ2v) is 1.44. The SMILES string of the molecule is COc1cc[c-]cc1.[Zn]. The minimum Gasteiger partial charge on any atom is -0.522 e. The average molecular weight is 173 g/mol. The van der Waals surface area contributed by atoms with Crippen molar-refractivity contribution in [2.45, 2.75) is 0 Å². The van der Waals surface area contributed by atoms with Crippen LogP contribution in [0.25, 0.3) is 0 Å². The Bertz CT molecular complexity index is 150. The summed E-state index contributed by atoms with van der Waals surface area (Å²) in [5, 5.41) is 0. The molecule has 1 aromatic rings. The van der Waals surface area contributed by atoms with E-state index < -0.39 is 0 Å². The molecule has 0 aliphatic rings. The van der Waals surface area contributed by atoms with Crippen molar-refractivity contribution in [3.8, 4) is 5.75 Å². The third-order valence-electron chi connectivity index (χ3n) is 0.923. The molecule has 0 radical (unpaired) electrons. The molecule has 0 bridgehead atoms. The third-order valence-corrected chi connectivity index (χ3v) is 0.923. The van der Waals surface area contributed by atoms with Gasteiger partial charge in [-0.2, -0.15) is 18.2 Å². The summed E-state index contributed by atoms with van der Waals surface area (Å²) in [6.07, 6.45) is 0. The van der Waals surface area contributed by atoms with E-state index in [0.717, 1.165) is 5.75 Å². The maximum absolute atomic E-state index is 4.89. The molecule has 0 saturated carbocycles. The maximum Gasteiger partial charge on any atom is 0.0743 e. The normalized spacial score (nSPS) is 7.67. The molecular formula is C7H7OZn-. The first-order valence-electron chi connectivity index (χ1n) is 2.43. The van der Waals surface area contributed by atoms with Crippen LogP contribution in [0, 0.1) is 6.07 Å². The molecule has 0 fully saturated rings. The third kappa shape index (κ3) is 2.62. The molecule has 1 aromatic carbocycles. The van der Waals surface area contributed by atoms with Crippen LogP contribution in [-0.2, 0) is 19.5 Å². The largest absolute Gasteiger partial charge is 0.522 e. The van der Waals surface area contributed by atoms with E-state index in [2.05, 4.69) is 6.07 Å². The van der Waals surface area contributed by atoms with E-state index in [1.54, 1.807) is 7.11 Å². The molecule has 0 heterocycles. The Kier molecular flexibility index (Phi) is 4.34. The van der Waals surface area contributed by atoms with Crippen LogP contribution in [0.3, 0.4) is 0 Å². The van der Waals surface area contributed by atoms with E-state index in [-0.39, 0.29) is 19.5 Å². The fraction of sp³-hybridized carbons (Fsp3) is 0.143. The van der Waals surface area contributed by atoms with Gasteiger partial charge in [0.25, 0.3) is 0 Å². The van der Waals surface area contributed by atoms with Crippen LogP contribution in [0.4, 0.5) is 0 Å². The number of ether oxygens (including phenoxy) is 1. The summed E-state index contributed by atoms with van der Waals surface area (Å²) >= 11 is 0. The molecule has 1 rings (SSSR count). The zero-order chi connectivity index (χ0) is 5.82. The van der Waals surface area contributed by atoms with Gasteiger partial charge in [-0.05, 0) is 0 Å². The molecule has 0 saturated heterocycles. The predicted octanol–water partition coefficient (Wildman–Crippen LogP) is 1.49. The Morgan fingerprint density at radius 3 is 2.22 bits per heavy atom.